The Kier molecular flexibility index (Phi) is 4.26. The normalized spacial score (nSPS) is 13.7. The third-order valence-electron chi connectivity index (χ3n) is 4.14. The summed E-state index contributed by atoms with van der Waals surface area (Å²) in [6.07, 6.45) is 4.15. The minimum Gasteiger partial charge on any atom is -0.506 e. The number of rotatable bonds is 3. The van der Waals surface area contributed by atoms with E-state index in [9.17, 15) is 14.3 Å². The molecule has 122 valence electrons. The van der Waals surface area contributed by atoms with E-state index < -0.39 is 17.5 Å². The fourth-order valence-corrected chi connectivity index (χ4v) is 3.17. The first-order chi connectivity index (χ1) is 11.0. The van der Waals surface area contributed by atoms with Gasteiger partial charge in [0.1, 0.15) is 11.6 Å². The van der Waals surface area contributed by atoms with E-state index in [1.807, 2.05) is 7.05 Å². The summed E-state index contributed by atoms with van der Waals surface area (Å²) in [5.41, 5.74) is 3.03. The molecule has 3 rings (SSSR count). The van der Waals surface area contributed by atoms with Gasteiger partial charge in [0.05, 0.1) is 28.5 Å². The highest BCUT2D eigenvalue weighted by Gasteiger charge is 2.21. The Labute approximate surface area is 138 Å². The first-order valence-electron chi connectivity index (χ1n) is 7.47. The third kappa shape index (κ3) is 3.03. The molecule has 1 aromatic heterocycles. The number of phenols is 1. The number of nitrogens with zero attached hydrogens (tertiary/aromatic N) is 2. The summed E-state index contributed by atoms with van der Waals surface area (Å²) < 4.78 is 15.2. The van der Waals surface area contributed by atoms with E-state index in [1.165, 1.54) is 5.56 Å². The van der Waals surface area contributed by atoms with Crippen LogP contribution in [0.4, 0.5) is 4.39 Å². The van der Waals surface area contributed by atoms with Crippen LogP contribution in [0, 0.1) is 5.82 Å². The number of fused-ring (bicyclic) bond motifs is 1. The van der Waals surface area contributed by atoms with Crippen molar-refractivity contribution in [3.05, 3.63) is 45.5 Å². The van der Waals surface area contributed by atoms with Crippen molar-refractivity contribution < 1.29 is 14.3 Å². The largest absolute Gasteiger partial charge is 0.506 e. The number of phenolic OH excluding ortho intramolecular Hbond substituents is 1. The Morgan fingerprint density at radius 2 is 2.17 bits per heavy atom. The van der Waals surface area contributed by atoms with E-state index in [-0.39, 0.29) is 17.1 Å². The quantitative estimate of drug-likeness (QED) is 0.905. The SMILES string of the molecule is Cn1nc2c(c1CNC(=O)c1cc(F)cc(Cl)c1O)CCCC2. The van der Waals surface area contributed by atoms with Gasteiger partial charge >= 0.3 is 0 Å². The minimum absolute atomic E-state index is 0.175. The van der Waals surface area contributed by atoms with Gasteiger partial charge in [-0.3, -0.25) is 9.48 Å². The van der Waals surface area contributed by atoms with Crippen molar-refractivity contribution in [3.8, 4) is 5.75 Å². The molecule has 1 aliphatic rings. The van der Waals surface area contributed by atoms with Crippen LogP contribution in [0.15, 0.2) is 12.1 Å². The topological polar surface area (TPSA) is 67.2 Å². The summed E-state index contributed by atoms with van der Waals surface area (Å²) in [4.78, 5) is 12.2. The number of carbonyl (C=O) groups excluding carboxylic acids is 1. The number of benzene rings is 1. The molecular formula is C16H17ClFN3O2. The van der Waals surface area contributed by atoms with Crippen LogP contribution in [0.1, 0.15) is 40.2 Å². The number of aromatic hydroxyl groups is 1. The van der Waals surface area contributed by atoms with E-state index in [4.69, 9.17) is 11.6 Å². The van der Waals surface area contributed by atoms with Gasteiger partial charge in [-0.2, -0.15) is 5.10 Å². The fourth-order valence-electron chi connectivity index (χ4n) is 2.97. The lowest BCUT2D eigenvalue weighted by molar-refractivity contribution is 0.0947. The molecule has 0 unspecified atom stereocenters. The standard InChI is InChI=1S/C16H17ClFN3O2/c1-21-14(10-4-2-3-5-13(10)20-21)8-19-16(23)11-6-9(18)7-12(17)15(11)22/h6-7,22H,2-5,8H2,1H3,(H,19,23). The molecular weight excluding hydrogens is 321 g/mol. The predicted octanol–water partition coefficient (Wildman–Crippen LogP) is 2.73. The van der Waals surface area contributed by atoms with Gasteiger partial charge in [-0.25, -0.2) is 4.39 Å². The highest BCUT2D eigenvalue weighted by molar-refractivity contribution is 6.32. The lowest BCUT2D eigenvalue weighted by atomic mass is 9.96. The average Bonchev–Trinajstić information content (AvgIpc) is 2.84. The van der Waals surface area contributed by atoms with E-state index in [2.05, 4.69) is 10.4 Å². The molecule has 0 spiro atoms. The summed E-state index contributed by atoms with van der Waals surface area (Å²) in [7, 11) is 1.84. The molecule has 5 nitrogen and oxygen atoms in total. The fraction of sp³-hybridized carbons (Fsp3) is 0.375. The first-order valence-corrected chi connectivity index (χ1v) is 7.85. The number of aromatic nitrogens is 2. The van der Waals surface area contributed by atoms with Crippen molar-refractivity contribution in [2.45, 2.75) is 32.2 Å². The average molecular weight is 338 g/mol. The van der Waals surface area contributed by atoms with Crippen molar-refractivity contribution in [1.82, 2.24) is 15.1 Å². The molecule has 0 aliphatic heterocycles. The monoisotopic (exact) mass is 337 g/mol. The van der Waals surface area contributed by atoms with Crippen molar-refractivity contribution in [2.75, 3.05) is 0 Å². The smallest absolute Gasteiger partial charge is 0.255 e. The van der Waals surface area contributed by atoms with Gasteiger partial charge in [0, 0.05) is 7.05 Å². The molecule has 1 heterocycles. The van der Waals surface area contributed by atoms with Crippen LogP contribution in [0.25, 0.3) is 0 Å². The number of amides is 1. The predicted molar refractivity (Wildman–Crippen MR) is 84.1 cm³/mol. The molecule has 0 fully saturated rings. The lowest BCUT2D eigenvalue weighted by Gasteiger charge is -2.12. The highest BCUT2D eigenvalue weighted by atomic mass is 35.5. The second-order valence-electron chi connectivity index (χ2n) is 5.67. The Bertz CT molecular complexity index is 773. The Morgan fingerprint density at radius 3 is 2.96 bits per heavy atom. The number of nitrogens with one attached hydrogen (secondary N) is 1. The highest BCUT2D eigenvalue weighted by Crippen LogP contribution is 2.29. The Balaban J connectivity index is 1.79. The minimum atomic E-state index is -0.670. The van der Waals surface area contributed by atoms with Gasteiger partial charge in [-0.1, -0.05) is 11.6 Å². The maximum atomic E-state index is 13.4. The van der Waals surface area contributed by atoms with Crippen LogP contribution in [0.5, 0.6) is 5.75 Å². The molecule has 0 bridgehead atoms. The molecule has 2 N–H and O–H groups in total. The molecule has 0 radical (unpaired) electrons. The zero-order chi connectivity index (χ0) is 16.6. The first kappa shape index (κ1) is 15.8. The molecule has 23 heavy (non-hydrogen) atoms. The van der Waals surface area contributed by atoms with Gasteiger partial charge in [0.2, 0.25) is 0 Å². The second-order valence-corrected chi connectivity index (χ2v) is 6.08. The third-order valence-corrected chi connectivity index (χ3v) is 4.43. The van der Waals surface area contributed by atoms with Crippen molar-refractivity contribution in [2.24, 2.45) is 7.05 Å². The molecule has 0 saturated heterocycles. The zero-order valence-corrected chi connectivity index (χ0v) is 13.5. The molecule has 0 atom stereocenters. The summed E-state index contributed by atoms with van der Waals surface area (Å²) in [5.74, 6) is -1.66. The molecule has 7 heteroatoms. The van der Waals surface area contributed by atoms with Crippen LogP contribution >= 0.6 is 11.6 Å². The molecule has 2 aromatic rings. The summed E-state index contributed by atoms with van der Waals surface area (Å²) >= 11 is 5.70. The van der Waals surface area contributed by atoms with E-state index in [1.54, 1.807) is 4.68 Å². The molecule has 0 saturated carbocycles. The van der Waals surface area contributed by atoms with Crippen LogP contribution < -0.4 is 5.32 Å². The van der Waals surface area contributed by atoms with E-state index >= 15 is 0 Å². The van der Waals surface area contributed by atoms with Gasteiger partial charge in [-0.15, -0.1) is 0 Å². The summed E-state index contributed by atoms with van der Waals surface area (Å²) in [6.45, 7) is 0.269. The van der Waals surface area contributed by atoms with Gasteiger partial charge in [0.15, 0.2) is 0 Å². The maximum Gasteiger partial charge on any atom is 0.255 e. The van der Waals surface area contributed by atoms with Crippen LogP contribution in [0.3, 0.4) is 0 Å². The van der Waals surface area contributed by atoms with Crippen LogP contribution in [-0.4, -0.2) is 20.8 Å². The summed E-state index contributed by atoms with van der Waals surface area (Å²) in [6, 6.07) is 1.93. The van der Waals surface area contributed by atoms with Crippen molar-refractivity contribution >= 4 is 17.5 Å². The molecule has 1 aromatic carbocycles. The number of hydrogen-bond donors (Lipinski definition) is 2. The Hall–Kier alpha value is -2.08. The van der Waals surface area contributed by atoms with E-state index in [0.29, 0.717) is 0 Å². The molecule has 1 amide bonds. The number of carbonyl (C=O) groups is 1. The van der Waals surface area contributed by atoms with Gasteiger partial charge in [-0.05, 0) is 43.4 Å². The van der Waals surface area contributed by atoms with E-state index in [0.717, 1.165) is 49.2 Å². The van der Waals surface area contributed by atoms with Crippen molar-refractivity contribution in [1.29, 1.82) is 0 Å². The second kappa shape index (κ2) is 6.20. The van der Waals surface area contributed by atoms with Crippen molar-refractivity contribution in [3.63, 3.8) is 0 Å². The molecule has 1 aliphatic carbocycles. The number of halogens is 2. The number of aryl methyl sites for hydroxylation is 2. The zero-order valence-electron chi connectivity index (χ0n) is 12.7. The van der Waals surface area contributed by atoms with Gasteiger partial charge < -0.3 is 10.4 Å². The number of hydrogen-bond acceptors (Lipinski definition) is 3. The summed E-state index contributed by atoms with van der Waals surface area (Å²) in [5, 5.41) is 16.8. The van der Waals surface area contributed by atoms with Gasteiger partial charge in [0.25, 0.3) is 5.91 Å². The maximum absolute atomic E-state index is 13.4. The Morgan fingerprint density at radius 1 is 1.43 bits per heavy atom. The van der Waals surface area contributed by atoms with Crippen LogP contribution in [-0.2, 0) is 26.4 Å². The van der Waals surface area contributed by atoms with Crippen LogP contribution in [0.2, 0.25) is 5.02 Å². The lowest BCUT2D eigenvalue weighted by Crippen LogP contribution is -2.25.